The third-order valence-corrected chi connectivity index (χ3v) is 12.6. The second kappa shape index (κ2) is 27.6. The van der Waals surface area contributed by atoms with Crippen LogP contribution in [0.5, 0.6) is 0 Å². The van der Waals surface area contributed by atoms with E-state index in [2.05, 4.69) is 190 Å². The summed E-state index contributed by atoms with van der Waals surface area (Å²) >= 11 is 0. The Kier molecular flexibility index (Phi) is 23.6. The number of aryl methyl sites for hydroxylation is 4. The average molecular weight is 883 g/mol. The van der Waals surface area contributed by atoms with Crippen LogP contribution in [0.4, 0.5) is 4.39 Å². The molecule has 0 bridgehead atoms. The van der Waals surface area contributed by atoms with Gasteiger partial charge < -0.3 is 0 Å². The molecule has 0 fully saturated rings. The van der Waals surface area contributed by atoms with Gasteiger partial charge in [0.2, 0.25) is 0 Å². The van der Waals surface area contributed by atoms with Crippen molar-refractivity contribution in [3.05, 3.63) is 238 Å². The predicted octanol–water partition coefficient (Wildman–Crippen LogP) is 20.0. The Labute approximate surface area is 403 Å². The molecule has 0 nitrogen and oxygen atoms in total. The van der Waals surface area contributed by atoms with Gasteiger partial charge in [0.1, 0.15) is 5.82 Å². The van der Waals surface area contributed by atoms with Crippen molar-refractivity contribution >= 4 is 12.2 Å². The SMILES string of the molecule is C=C/C(C)=C(\C=C/C)C1=C(C(C)C)C(C)=CCC1.C=C/C=C(\C=C)CC.C=Cc1c(C)cc2c(c1C=C)-c1ccc(C(C)CC)cc1C2(C)C.Cc1ccc(C)cc1.Cc1cccc(F)c1. The highest BCUT2D eigenvalue weighted by atomic mass is 19.1. The van der Waals surface area contributed by atoms with E-state index in [4.69, 9.17) is 0 Å². The highest BCUT2D eigenvalue weighted by molar-refractivity contribution is 5.91. The number of hydrogen-bond donors (Lipinski definition) is 0. The average Bonchev–Trinajstić information content (AvgIpc) is 3.52. The summed E-state index contributed by atoms with van der Waals surface area (Å²) in [6, 6.07) is 24.4. The second-order valence-electron chi connectivity index (χ2n) is 18.4. The molecule has 0 saturated heterocycles. The number of benzene rings is 4. The van der Waals surface area contributed by atoms with Gasteiger partial charge in [-0.2, -0.15) is 0 Å². The van der Waals surface area contributed by atoms with Crippen LogP contribution in [0.25, 0.3) is 23.3 Å². The maximum absolute atomic E-state index is 12.2. The van der Waals surface area contributed by atoms with E-state index < -0.39 is 0 Å². The van der Waals surface area contributed by atoms with Crippen LogP contribution in [-0.2, 0) is 5.41 Å². The first-order valence-electron chi connectivity index (χ1n) is 24.0. The van der Waals surface area contributed by atoms with E-state index in [9.17, 15) is 4.39 Å². The summed E-state index contributed by atoms with van der Waals surface area (Å²) in [4.78, 5) is 0. The molecule has 0 heterocycles. The van der Waals surface area contributed by atoms with E-state index in [1.165, 1.54) is 108 Å². The van der Waals surface area contributed by atoms with E-state index >= 15 is 0 Å². The molecule has 0 N–H and O–H groups in total. The maximum atomic E-state index is 12.2. The second-order valence-corrected chi connectivity index (χ2v) is 18.4. The summed E-state index contributed by atoms with van der Waals surface area (Å²) in [5.41, 5.74) is 22.7. The molecular weight excluding hydrogens is 800 g/mol. The molecular formula is C65H83F. The highest BCUT2D eigenvalue weighted by Crippen LogP contribution is 2.52. The van der Waals surface area contributed by atoms with Crippen molar-refractivity contribution in [2.75, 3.05) is 0 Å². The van der Waals surface area contributed by atoms with Crippen molar-refractivity contribution in [1.82, 2.24) is 0 Å². The first kappa shape index (κ1) is 56.3. The molecule has 4 aromatic carbocycles. The van der Waals surface area contributed by atoms with Crippen LogP contribution in [0, 0.1) is 39.4 Å². The van der Waals surface area contributed by atoms with Crippen molar-refractivity contribution in [3.63, 3.8) is 0 Å². The van der Waals surface area contributed by atoms with Gasteiger partial charge in [0.25, 0.3) is 0 Å². The quantitative estimate of drug-likeness (QED) is 0.132. The van der Waals surface area contributed by atoms with Gasteiger partial charge in [0.15, 0.2) is 0 Å². The van der Waals surface area contributed by atoms with Crippen LogP contribution < -0.4 is 0 Å². The van der Waals surface area contributed by atoms with Crippen molar-refractivity contribution in [2.24, 2.45) is 5.92 Å². The summed E-state index contributed by atoms with van der Waals surface area (Å²) in [5.74, 6) is 1.01. The number of hydrogen-bond acceptors (Lipinski definition) is 0. The van der Waals surface area contributed by atoms with E-state index in [0.717, 1.165) is 24.8 Å². The van der Waals surface area contributed by atoms with Crippen LogP contribution in [0.2, 0.25) is 0 Å². The molecule has 0 aliphatic heterocycles. The fourth-order valence-corrected chi connectivity index (χ4v) is 8.58. The van der Waals surface area contributed by atoms with E-state index in [0.29, 0.717) is 11.8 Å². The third-order valence-electron chi connectivity index (χ3n) is 12.6. The number of allylic oxidation sites excluding steroid dienone is 13. The van der Waals surface area contributed by atoms with Crippen LogP contribution in [0.1, 0.15) is 151 Å². The summed E-state index contributed by atoms with van der Waals surface area (Å²) in [6.07, 6.45) is 22.8. The summed E-state index contributed by atoms with van der Waals surface area (Å²) in [7, 11) is 0. The van der Waals surface area contributed by atoms with Crippen LogP contribution in [0.15, 0.2) is 182 Å². The minimum Gasteiger partial charge on any atom is -0.207 e. The third kappa shape index (κ3) is 15.4. The standard InChI is InChI=1S/C24H28.C18H26.C8H10.C8H12.C7H7F/c1-8-15(4)17-11-12-20-21(14-17)24(6,7)22-13-16(5)18(9-2)19(10-3)23(20)22;1-7-10-16(14(5)8-2)17-12-9-11-15(6)18(17)13(3)4;1-7-3-5-8(2)6-4-7;1-4-7-8(5-2)6-3;1-6-3-2-4-7(8)5-6/h9-15H,2-3,8H2,1,4-7H3;7-8,10-11,13H,2,9,12H2,1,3-6H3;3-6H,1-2H3;4-5,7H,1-2,6H2,3H3;2-5H,1H3/b;10-7-,16-14+;;8-7+;. The van der Waals surface area contributed by atoms with Crippen molar-refractivity contribution < 1.29 is 4.39 Å². The fraction of sp³-hybridized carbons (Fsp3) is 0.323. The molecule has 1 atom stereocenters. The van der Waals surface area contributed by atoms with Gasteiger partial charge >= 0.3 is 0 Å². The first-order chi connectivity index (χ1) is 31.3. The molecule has 6 rings (SSSR count). The number of rotatable bonds is 11. The molecule has 350 valence electrons. The Morgan fingerprint density at radius 2 is 1.38 bits per heavy atom. The van der Waals surface area contributed by atoms with E-state index in [-0.39, 0.29) is 11.2 Å². The van der Waals surface area contributed by atoms with Crippen molar-refractivity contribution in [2.45, 2.75) is 134 Å². The number of fused-ring (bicyclic) bond motifs is 3. The topological polar surface area (TPSA) is 0 Å². The maximum Gasteiger partial charge on any atom is 0.123 e. The zero-order chi connectivity index (χ0) is 49.7. The lowest BCUT2D eigenvalue weighted by Gasteiger charge is -2.25. The zero-order valence-electron chi connectivity index (χ0n) is 43.5. The summed E-state index contributed by atoms with van der Waals surface area (Å²) in [5, 5.41) is 0. The summed E-state index contributed by atoms with van der Waals surface area (Å²) < 4.78 is 12.2. The molecule has 1 unspecified atom stereocenters. The lowest BCUT2D eigenvalue weighted by Crippen LogP contribution is -2.16. The van der Waals surface area contributed by atoms with Crippen molar-refractivity contribution in [3.8, 4) is 11.1 Å². The summed E-state index contributed by atoms with van der Waals surface area (Å²) in [6.45, 7) is 49.9. The molecule has 0 radical (unpaired) electrons. The molecule has 66 heavy (non-hydrogen) atoms. The monoisotopic (exact) mass is 883 g/mol. The first-order valence-corrected chi connectivity index (χ1v) is 24.0. The molecule has 4 aromatic rings. The molecule has 0 saturated carbocycles. The van der Waals surface area contributed by atoms with E-state index in [1.807, 2.05) is 43.4 Å². The Hall–Kier alpha value is -5.79. The zero-order valence-corrected chi connectivity index (χ0v) is 43.5. The van der Waals surface area contributed by atoms with Gasteiger partial charge in [-0.3, -0.25) is 0 Å². The minimum absolute atomic E-state index is 0.0242. The molecule has 0 spiro atoms. The van der Waals surface area contributed by atoms with Gasteiger partial charge in [-0.25, -0.2) is 4.39 Å². The number of halogens is 1. The van der Waals surface area contributed by atoms with Gasteiger partial charge in [-0.1, -0.05) is 213 Å². The molecule has 2 aliphatic carbocycles. The Bertz CT molecular complexity index is 2400. The molecule has 0 aromatic heterocycles. The van der Waals surface area contributed by atoms with Crippen molar-refractivity contribution in [1.29, 1.82) is 0 Å². The highest BCUT2D eigenvalue weighted by Gasteiger charge is 2.37. The predicted molar refractivity (Wildman–Crippen MR) is 296 cm³/mol. The smallest absolute Gasteiger partial charge is 0.123 e. The minimum atomic E-state index is -0.162. The van der Waals surface area contributed by atoms with Crippen LogP contribution >= 0.6 is 0 Å². The van der Waals surface area contributed by atoms with Gasteiger partial charge in [-0.05, 0) is 176 Å². The fourth-order valence-electron chi connectivity index (χ4n) is 8.58. The molecule has 2 aliphatic rings. The normalized spacial score (nSPS) is 14.2. The Morgan fingerprint density at radius 3 is 1.82 bits per heavy atom. The lowest BCUT2D eigenvalue weighted by atomic mass is 9.80. The Balaban J connectivity index is 0.000000311. The van der Waals surface area contributed by atoms with Gasteiger partial charge in [0, 0.05) is 5.41 Å². The van der Waals surface area contributed by atoms with Crippen LogP contribution in [-0.4, -0.2) is 0 Å². The van der Waals surface area contributed by atoms with Gasteiger partial charge in [-0.15, -0.1) is 0 Å². The Morgan fingerprint density at radius 1 is 0.758 bits per heavy atom. The molecule has 1 heteroatoms. The lowest BCUT2D eigenvalue weighted by molar-refractivity contribution is 0.626. The molecule has 0 amide bonds. The largest absolute Gasteiger partial charge is 0.207 e. The van der Waals surface area contributed by atoms with E-state index in [1.54, 1.807) is 12.1 Å². The van der Waals surface area contributed by atoms with Gasteiger partial charge in [0.05, 0.1) is 0 Å². The van der Waals surface area contributed by atoms with Crippen LogP contribution in [0.3, 0.4) is 0 Å².